The number of thioether (sulfide) groups is 1. The molecule has 1 aromatic heterocycles. The molecule has 16 heavy (non-hydrogen) atoms. The monoisotopic (exact) mass is 242 g/mol. The van der Waals surface area contributed by atoms with E-state index in [1.165, 1.54) is 11.8 Å². The number of ether oxygens (including phenoxy) is 1. The van der Waals surface area contributed by atoms with Gasteiger partial charge in [-0.1, -0.05) is 5.16 Å². The summed E-state index contributed by atoms with van der Waals surface area (Å²) in [4.78, 5) is 15.3. The minimum atomic E-state index is -0.196. The summed E-state index contributed by atoms with van der Waals surface area (Å²) in [7, 11) is 0. The fourth-order valence-corrected chi connectivity index (χ4v) is 1.90. The summed E-state index contributed by atoms with van der Waals surface area (Å²) in [5, 5.41) is 3.86. The van der Waals surface area contributed by atoms with E-state index in [-0.39, 0.29) is 5.97 Å². The fourth-order valence-electron chi connectivity index (χ4n) is 1.25. The molecule has 1 fully saturated rings. The van der Waals surface area contributed by atoms with Gasteiger partial charge in [0, 0.05) is 5.92 Å². The molecule has 2 rings (SSSR count). The highest BCUT2D eigenvalue weighted by atomic mass is 32.2. The van der Waals surface area contributed by atoms with Gasteiger partial charge in [-0.25, -0.2) is 0 Å². The third-order valence-corrected chi connectivity index (χ3v) is 3.07. The number of hydrogen-bond acceptors (Lipinski definition) is 6. The predicted octanol–water partition coefficient (Wildman–Crippen LogP) is 1.74. The molecule has 1 heterocycles. The lowest BCUT2D eigenvalue weighted by atomic mass is 10.4. The number of rotatable bonds is 6. The molecular formula is C10H14N2O3S. The van der Waals surface area contributed by atoms with Gasteiger partial charge in [-0.3, -0.25) is 4.79 Å². The van der Waals surface area contributed by atoms with Crippen molar-refractivity contribution in [3.05, 3.63) is 11.7 Å². The third-order valence-electron chi connectivity index (χ3n) is 2.17. The van der Waals surface area contributed by atoms with E-state index in [0.29, 0.717) is 29.9 Å². The van der Waals surface area contributed by atoms with Crippen molar-refractivity contribution in [2.75, 3.05) is 12.4 Å². The van der Waals surface area contributed by atoms with Crippen molar-refractivity contribution in [3.8, 4) is 0 Å². The largest absolute Gasteiger partial charge is 0.465 e. The number of esters is 1. The van der Waals surface area contributed by atoms with Gasteiger partial charge in [0.2, 0.25) is 5.89 Å². The van der Waals surface area contributed by atoms with Crippen LogP contribution in [0.15, 0.2) is 4.52 Å². The highest BCUT2D eigenvalue weighted by molar-refractivity contribution is 7.99. The maximum atomic E-state index is 11.0. The quantitative estimate of drug-likeness (QED) is 0.708. The Morgan fingerprint density at radius 2 is 2.44 bits per heavy atom. The molecule has 6 heteroatoms. The van der Waals surface area contributed by atoms with Gasteiger partial charge in [0.15, 0.2) is 5.82 Å². The Hall–Kier alpha value is -1.04. The highest BCUT2D eigenvalue weighted by Crippen LogP contribution is 2.38. The van der Waals surface area contributed by atoms with Crippen LogP contribution in [0.5, 0.6) is 0 Å². The first-order valence-electron chi connectivity index (χ1n) is 5.35. The lowest BCUT2D eigenvalue weighted by molar-refractivity contribution is -0.139. The average Bonchev–Trinajstić information content (AvgIpc) is 3.00. The summed E-state index contributed by atoms with van der Waals surface area (Å²) < 4.78 is 9.91. The van der Waals surface area contributed by atoms with Crippen molar-refractivity contribution in [2.24, 2.45) is 0 Å². The molecule has 0 N–H and O–H groups in total. The Morgan fingerprint density at radius 3 is 3.12 bits per heavy atom. The molecule has 0 amide bonds. The third kappa shape index (κ3) is 3.23. The molecule has 0 saturated heterocycles. The summed E-state index contributed by atoms with van der Waals surface area (Å²) in [6, 6.07) is 0. The van der Waals surface area contributed by atoms with Crippen LogP contribution in [0.25, 0.3) is 0 Å². The van der Waals surface area contributed by atoms with Crippen molar-refractivity contribution in [2.45, 2.75) is 31.4 Å². The van der Waals surface area contributed by atoms with Crippen molar-refractivity contribution in [1.29, 1.82) is 0 Å². The lowest BCUT2D eigenvalue weighted by Crippen LogP contribution is -2.06. The SMILES string of the molecule is CCOC(=O)CSCc1noc(C2CC2)n1. The average molecular weight is 242 g/mol. The first-order chi connectivity index (χ1) is 7.79. The van der Waals surface area contributed by atoms with Gasteiger partial charge in [0.25, 0.3) is 0 Å². The molecule has 0 atom stereocenters. The van der Waals surface area contributed by atoms with E-state index in [2.05, 4.69) is 10.1 Å². The number of carbonyl (C=O) groups is 1. The number of nitrogens with zero attached hydrogens (tertiary/aromatic N) is 2. The lowest BCUT2D eigenvalue weighted by Gasteiger charge is -1.98. The van der Waals surface area contributed by atoms with E-state index in [9.17, 15) is 4.79 Å². The maximum absolute atomic E-state index is 11.0. The van der Waals surface area contributed by atoms with E-state index in [1.807, 2.05) is 0 Å². The van der Waals surface area contributed by atoms with Gasteiger partial charge >= 0.3 is 5.97 Å². The molecule has 0 unspecified atom stereocenters. The molecule has 0 bridgehead atoms. The van der Waals surface area contributed by atoms with E-state index in [0.717, 1.165) is 18.7 Å². The van der Waals surface area contributed by atoms with Crippen LogP contribution in [-0.2, 0) is 15.3 Å². The fraction of sp³-hybridized carbons (Fsp3) is 0.700. The van der Waals surface area contributed by atoms with Gasteiger partial charge < -0.3 is 9.26 Å². The normalized spacial score (nSPS) is 15.1. The highest BCUT2D eigenvalue weighted by Gasteiger charge is 2.29. The van der Waals surface area contributed by atoms with Gasteiger partial charge in [-0.05, 0) is 19.8 Å². The molecule has 1 aliphatic carbocycles. The number of hydrogen-bond donors (Lipinski definition) is 0. The van der Waals surface area contributed by atoms with E-state index in [1.54, 1.807) is 6.92 Å². The summed E-state index contributed by atoms with van der Waals surface area (Å²) in [5.74, 6) is 2.62. The molecule has 1 saturated carbocycles. The molecule has 1 aromatic rings. The first-order valence-corrected chi connectivity index (χ1v) is 6.51. The van der Waals surface area contributed by atoms with Crippen molar-refractivity contribution in [3.63, 3.8) is 0 Å². The zero-order valence-corrected chi connectivity index (χ0v) is 9.96. The molecule has 0 spiro atoms. The molecular weight excluding hydrogens is 228 g/mol. The summed E-state index contributed by atoms with van der Waals surface area (Å²) in [6.45, 7) is 2.22. The molecule has 0 aromatic carbocycles. The molecule has 5 nitrogen and oxygen atoms in total. The standard InChI is InChI=1S/C10H14N2O3S/c1-2-14-9(13)6-16-5-8-11-10(15-12-8)7-3-4-7/h7H,2-6H2,1H3. The molecule has 1 aliphatic rings. The van der Waals surface area contributed by atoms with E-state index in [4.69, 9.17) is 9.26 Å². The number of carbonyl (C=O) groups excluding carboxylic acids is 1. The zero-order chi connectivity index (χ0) is 11.4. The Balaban J connectivity index is 1.70. The van der Waals surface area contributed by atoms with Crippen LogP contribution in [0.3, 0.4) is 0 Å². The topological polar surface area (TPSA) is 65.2 Å². The second-order valence-electron chi connectivity index (χ2n) is 3.62. The minimum absolute atomic E-state index is 0.196. The van der Waals surface area contributed by atoms with Crippen LogP contribution in [0.2, 0.25) is 0 Å². The van der Waals surface area contributed by atoms with Gasteiger partial charge in [-0.2, -0.15) is 4.98 Å². The van der Waals surface area contributed by atoms with Crippen molar-refractivity contribution < 1.29 is 14.1 Å². The van der Waals surface area contributed by atoms with Gasteiger partial charge in [0.1, 0.15) is 0 Å². The van der Waals surface area contributed by atoms with Crippen LogP contribution in [0.4, 0.5) is 0 Å². The molecule has 0 radical (unpaired) electrons. The van der Waals surface area contributed by atoms with E-state index < -0.39 is 0 Å². The van der Waals surface area contributed by atoms with Gasteiger partial charge in [-0.15, -0.1) is 11.8 Å². The van der Waals surface area contributed by atoms with Crippen LogP contribution >= 0.6 is 11.8 Å². The Morgan fingerprint density at radius 1 is 1.62 bits per heavy atom. The second kappa shape index (κ2) is 5.34. The smallest absolute Gasteiger partial charge is 0.315 e. The zero-order valence-electron chi connectivity index (χ0n) is 9.14. The van der Waals surface area contributed by atoms with Crippen LogP contribution in [-0.4, -0.2) is 28.5 Å². The predicted molar refractivity (Wildman–Crippen MR) is 59.1 cm³/mol. The molecule has 88 valence electrons. The maximum Gasteiger partial charge on any atom is 0.315 e. The van der Waals surface area contributed by atoms with Crippen LogP contribution in [0, 0.1) is 0 Å². The Bertz CT molecular complexity index is 363. The Kier molecular flexibility index (Phi) is 3.82. The second-order valence-corrected chi connectivity index (χ2v) is 4.61. The summed E-state index contributed by atoms with van der Waals surface area (Å²) >= 11 is 1.44. The van der Waals surface area contributed by atoms with Crippen LogP contribution in [0.1, 0.15) is 37.4 Å². The minimum Gasteiger partial charge on any atom is -0.465 e. The summed E-state index contributed by atoms with van der Waals surface area (Å²) in [5.41, 5.74) is 0. The van der Waals surface area contributed by atoms with E-state index >= 15 is 0 Å². The first kappa shape index (κ1) is 11.4. The number of aromatic nitrogens is 2. The van der Waals surface area contributed by atoms with Crippen LogP contribution < -0.4 is 0 Å². The van der Waals surface area contributed by atoms with Crippen molar-refractivity contribution >= 4 is 17.7 Å². The summed E-state index contributed by atoms with van der Waals surface area (Å²) in [6.07, 6.45) is 2.30. The molecule has 0 aliphatic heterocycles. The van der Waals surface area contributed by atoms with Gasteiger partial charge in [0.05, 0.1) is 18.1 Å². The van der Waals surface area contributed by atoms with Crippen molar-refractivity contribution in [1.82, 2.24) is 10.1 Å². The Labute approximate surface area is 97.9 Å².